The highest BCUT2D eigenvalue weighted by molar-refractivity contribution is 7.90. The van der Waals surface area contributed by atoms with E-state index in [0.717, 1.165) is 11.1 Å². The monoisotopic (exact) mass is 228 g/mol. The number of aryl methyl sites for hydroxylation is 1. The smallest absolute Gasteiger partial charge is 0.175 e. The highest BCUT2D eigenvalue weighted by Gasteiger charge is 2.12. The summed E-state index contributed by atoms with van der Waals surface area (Å²) in [6.45, 7) is 3.73. The lowest BCUT2D eigenvalue weighted by molar-refractivity contribution is 0.273. The quantitative estimate of drug-likeness (QED) is 0.853. The van der Waals surface area contributed by atoms with E-state index in [1.54, 1.807) is 19.1 Å². The van der Waals surface area contributed by atoms with Gasteiger partial charge in [0.15, 0.2) is 9.84 Å². The van der Waals surface area contributed by atoms with Crippen LogP contribution in [-0.2, 0) is 9.84 Å². The van der Waals surface area contributed by atoms with E-state index >= 15 is 0 Å². The van der Waals surface area contributed by atoms with Gasteiger partial charge in [0, 0.05) is 18.8 Å². The lowest BCUT2D eigenvalue weighted by Gasteiger charge is -2.11. The number of aliphatic hydroxyl groups is 1. The van der Waals surface area contributed by atoms with Crippen LogP contribution in [0.3, 0.4) is 0 Å². The number of aliphatic hydroxyl groups excluding tert-OH is 1. The van der Waals surface area contributed by atoms with Crippen LogP contribution in [0.5, 0.6) is 0 Å². The van der Waals surface area contributed by atoms with Gasteiger partial charge in [-0.3, -0.25) is 0 Å². The molecular weight excluding hydrogens is 212 g/mol. The largest absolute Gasteiger partial charge is 0.396 e. The summed E-state index contributed by atoms with van der Waals surface area (Å²) in [6.07, 6.45) is 1.20. The number of sulfone groups is 1. The van der Waals surface area contributed by atoms with E-state index in [9.17, 15) is 8.42 Å². The van der Waals surface area contributed by atoms with E-state index in [-0.39, 0.29) is 12.5 Å². The van der Waals surface area contributed by atoms with Crippen LogP contribution < -0.4 is 0 Å². The first-order valence-corrected chi connectivity index (χ1v) is 6.67. The Morgan fingerprint density at radius 3 is 2.40 bits per heavy atom. The molecule has 0 aliphatic heterocycles. The van der Waals surface area contributed by atoms with Gasteiger partial charge in [-0.2, -0.15) is 0 Å². The van der Waals surface area contributed by atoms with Crippen molar-refractivity contribution >= 4 is 9.84 Å². The maximum Gasteiger partial charge on any atom is 0.175 e. The summed E-state index contributed by atoms with van der Waals surface area (Å²) >= 11 is 0. The fourth-order valence-corrected chi connectivity index (χ4v) is 2.46. The van der Waals surface area contributed by atoms with Gasteiger partial charge >= 0.3 is 0 Å². The van der Waals surface area contributed by atoms with Crippen molar-refractivity contribution in [1.82, 2.24) is 0 Å². The Kier molecular flexibility index (Phi) is 3.52. The van der Waals surface area contributed by atoms with Gasteiger partial charge in [-0.15, -0.1) is 0 Å². The number of rotatable bonds is 3. The number of hydrogen-bond acceptors (Lipinski definition) is 3. The molecule has 0 radical (unpaired) electrons. The molecule has 0 aliphatic rings. The van der Waals surface area contributed by atoms with Gasteiger partial charge < -0.3 is 5.11 Å². The van der Waals surface area contributed by atoms with Gasteiger partial charge in [-0.1, -0.05) is 19.1 Å². The second-order valence-corrected chi connectivity index (χ2v) is 5.86. The molecule has 84 valence electrons. The van der Waals surface area contributed by atoms with Gasteiger partial charge in [0.2, 0.25) is 0 Å². The van der Waals surface area contributed by atoms with Crippen LogP contribution in [0.25, 0.3) is 0 Å². The third-order valence-electron chi connectivity index (χ3n) is 2.44. The van der Waals surface area contributed by atoms with Crippen LogP contribution in [0.1, 0.15) is 24.0 Å². The molecule has 0 heterocycles. The molecule has 0 aliphatic carbocycles. The summed E-state index contributed by atoms with van der Waals surface area (Å²) in [7, 11) is -3.15. The Labute approximate surface area is 90.7 Å². The third-order valence-corrected chi connectivity index (χ3v) is 3.70. The van der Waals surface area contributed by atoms with Gasteiger partial charge in [0.1, 0.15) is 0 Å². The molecule has 1 unspecified atom stereocenters. The zero-order valence-electron chi connectivity index (χ0n) is 9.19. The molecule has 15 heavy (non-hydrogen) atoms. The van der Waals surface area contributed by atoms with Gasteiger partial charge in [-0.25, -0.2) is 8.42 Å². The normalized spacial score (nSPS) is 13.9. The van der Waals surface area contributed by atoms with Crippen LogP contribution >= 0.6 is 0 Å². The fourth-order valence-electron chi connectivity index (χ4n) is 1.50. The Morgan fingerprint density at radius 2 is 2.00 bits per heavy atom. The van der Waals surface area contributed by atoms with E-state index in [4.69, 9.17) is 5.11 Å². The average Bonchev–Trinajstić information content (AvgIpc) is 2.14. The molecule has 0 fully saturated rings. The zero-order valence-corrected chi connectivity index (χ0v) is 10.0. The molecule has 0 spiro atoms. The topological polar surface area (TPSA) is 54.4 Å². The highest BCUT2D eigenvalue weighted by atomic mass is 32.2. The Hall–Kier alpha value is -0.870. The second kappa shape index (κ2) is 4.33. The molecule has 0 bridgehead atoms. The molecule has 4 heteroatoms. The van der Waals surface area contributed by atoms with Gasteiger partial charge in [0.05, 0.1) is 4.90 Å². The third kappa shape index (κ3) is 2.79. The molecule has 1 aromatic rings. The van der Waals surface area contributed by atoms with Crippen LogP contribution in [-0.4, -0.2) is 26.4 Å². The summed E-state index contributed by atoms with van der Waals surface area (Å²) in [5.41, 5.74) is 1.69. The van der Waals surface area contributed by atoms with Gasteiger partial charge in [-0.05, 0) is 24.1 Å². The summed E-state index contributed by atoms with van der Waals surface area (Å²) in [5, 5.41) is 8.99. The summed E-state index contributed by atoms with van der Waals surface area (Å²) in [6, 6.07) is 5.17. The first-order valence-electron chi connectivity index (χ1n) is 4.77. The van der Waals surface area contributed by atoms with Crippen molar-refractivity contribution in [2.45, 2.75) is 24.7 Å². The fraction of sp³-hybridized carbons (Fsp3) is 0.455. The van der Waals surface area contributed by atoms with Crippen LogP contribution in [0.15, 0.2) is 23.1 Å². The van der Waals surface area contributed by atoms with Crippen molar-refractivity contribution in [3.05, 3.63) is 29.3 Å². The van der Waals surface area contributed by atoms with Gasteiger partial charge in [0.25, 0.3) is 0 Å². The van der Waals surface area contributed by atoms with Crippen LogP contribution in [0.2, 0.25) is 0 Å². The molecule has 0 aromatic heterocycles. The molecule has 1 rings (SSSR count). The number of benzene rings is 1. The molecule has 1 aromatic carbocycles. The second-order valence-electron chi connectivity index (χ2n) is 3.88. The van der Waals surface area contributed by atoms with E-state index in [2.05, 4.69) is 0 Å². The maximum atomic E-state index is 11.4. The molecule has 0 saturated carbocycles. The van der Waals surface area contributed by atoms with Crippen molar-refractivity contribution in [2.75, 3.05) is 12.9 Å². The summed E-state index contributed by atoms with van der Waals surface area (Å²) in [4.78, 5) is 0.358. The molecule has 3 nitrogen and oxygen atoms in total. The Morgan fingerprint density at radius 1 is 1.40 bits per heavy atom. The maximum absolute atomic E-state index is 11.4. The standard InChI is InChI=1S/C11H16O3S/c1-8-6-10(9(2)7-12)4-5-11(8)15(3,13)14/h4-6,9,12H,7H2,1-3H3. The average molecular weight is 228 g/mol. The van der Waals surface area contributed by atoms with E-state index in [1.807, 2.05) is 13.0 Å². The number of hydrogen-bond donors (Lipinski definition) is 1. The molecular formula is C11H16O3S. The molecule has 1 N–H and O–H groups in total. The molecule has 1 atom stereocenters. The van der Waals surface area contributed by atoms with Crippen molar-refractivity contribution < 1.29 is 13.5 Å². The molecule has 0 saturated heterocycles. The lowest BCUT2D eigenvalue weighted by atomic mass is 10.0. The van der Waals surface area contributed by atoms with E-state index in [1.165, 1.54) is 6.26 Å². The minimum absolute atomic E-state index is 0.0392. The molecule has 0 amide bonds. The van der Waals surface area contributed by atoms with Crippen LogP contribution in [0.4, 0.5) is 0 Å². The van der Waals surface area contributed by atoms with Crippen molar-refractivity contribution in [3.63, 3.8) is 0 Å². The first-order chi connectivity index (χ1) is 6.86. The minimum Gasteiger partial charge on any atom is -0.396 e. The summed E-state index contributed by atoms with van der Waals surface area (Å²) in [5.74, 6) is 0.0392. The van der Waals surface area contributed by atoms with Crippen LogP contribution in [0, 0.1) is 6.92 Å². The predicted molar refractivity (Wildman–Crippen MR) is 59.8 cm³/mol. The minimum atomic E-state index is -3.15. The first kappa shape index (κ1) is 12.2. The predicted octanol–water partition coefficient (Wildman–Crippen LogP) is 1.49. The SMILES string of the molecule is Cc1cc(C(C)CO)ccc1S(C)(=O)=O. The summed E-state index contributed by atoms with van der Waals surface area (Å²) < 4.78 is 22.7. The van der Waals surface area contributed by atoms with E-state index < -0.39 is 9.84 Å². The van der Waals surface area contributed by atoms with Crippen molar-refractivity contribution in [3.8, 4) is 0 Å². The zero-order chi connectivity index (χ0) is 11.6. The Balaban J connectivity index is 3.21. The highest BCUT2D eigenvalue weighted by Crippen LogP contribution is 2.21. The van der Waals surface area contributed by atoms with Crippen molar-refractivity contribution in [2.24, 2.45) is 0 Å². The van der Waals surface area contributed by atoms with E-state index in [0.29, 0.717) is 4.90 Å². The Bertz CT molecular complexity index is 449. The lowest BCUT2D eigenvalue weighted by Crippen LogP contribution is -2.03. The van der Waals surface area contributed by atoms with Crippen molar-refractivity contribution in [1.29, 1.82) is 0 Å².